The molecule has 1 amide bonds. The number of hydrogen-bond donors (Lipinski definition) is 2. The number of ether oxygens (including phenoxy) is 2. The summed E-state index contributed by atoms with van der Waals surface area (Å²) in [7, 11) is 0. The molecule has 2 aromatic rings. The fourth-order valence-corrected chi connectivity index (χ4v) is 3.10. The minimum Gasteiger partial charge on any atom is -0.454 e. The standard InChI is InChI=1S/C16H19N3O4S/c1-2-3-11-15(24-19-18-11)16(21)17-7-6-12(20)10-4-5-13-14(8-10)23-9-22-13/h4-5,8,12,20H,2-3,6-7,9H2,1H3,(H,17,21). The van der Waals surface area contributed by atoms with Crippen LogP contribution in [0.5, 0.6) is 11.5 Å². The largest absolute Gasteiger partial charge is 0.454 e. The van der Waals surface area contributed by atoms with Crippen LogP contribution in [0.2, 0.25) is 0 Å². The highest BCUT2D eigenvalue weighted by atomic mass is 32.1. The molecule has 0 bridgehead atoms. The molecular weight excluding hydrogens is 330 g/mol. The summed E-state index contributed by atoms with van der Waals surface area (Å²) < 4.78 is 14.4. The van der Waals surface area contributed by atoms with Crippen LogP contribution in [-0.2, 0) is 6.42 Å². The van der Waals surface area contributed by atoms with Crippen LogP contribution in [0.1, 0.15) is 46.8 Å². The van der Waals surface area contributed by atoms with Crippen LogP contribution in [0.15, 0.2) is 18.2 Å². The van der Waals surface area contributed by atoms with Gasteiger partial charge in [-0.1, -0.05) is 23.9 Å². The van der Waals surface area contributed by atoms with Crippen molar-refractivity contribution in [3.05, 3.63) is 34.3 Å². The number of fused-ring (bicyclic) bond motifs is 1. The molecule has 2 heterocycles. The van der Waals surface area contributed by atoms with Crippen molar-refractivity contribution < 1.29 is 19.4 Å². The third-order valence-corrected chi connectivity index (χ3v) is 4.50. The average molecular weight is 349 g/mol. The average Bonchev–Trinajstić information content (AvgIpc) is 3.23. The molecule has 7 nitrogen and oxygen atoms in total. The van der Waals surface area contributed by atoms with Gasteiger partial charge in [0, 0.05) is 6.54 Å². The normalized spacial score (nSPS) is 13.8. The molecule has 1 aromatic carbocycles. The SMILES string of the molecule is CCCc1nnsc1C(=O)NCCC(O)c1ccc2c(c1)OCO2. The summed E-state index contributed by atoms with van der Waals surface area (Å²) in [5.74, 6) is 1.13. The topological polar surface area (TPSA) is 93.6 Å². The van der Waals surface area contributed by atoms with Gasteiger partial charge in [0.1, 0.15) is 4.88 Å². The second kappa shape index (κ2) is 7.59. The summed E-state index contributed by atoms with van der Waals surface area (Å²) in [6, 6.07) is 5.34. The Bertz CT molecular complexity index is 719. The van der Waals surface area contributed by atoms with E-state index in [-0.39, 0.29) is 12.7 Å². The highest BCUT2D eigenvalue weighted by Gasteiger charge is 2.18. The molecule has 1 unspecified atom stereocenters. The van der Waals surface area contributed by atoms with Crippen molar-refractivity contribution in [1.82, 2.24) is 14.9 Å². The molecule has 0 spiro atoms. The van der Waals surface area contributed by atoms with E-state index in [1.165, 1.54) is 0 Å². The number of aryl methyl sites for hydroxylation is 1. The number of hydrogen-bond acceptors (Lipinski definition) is 7. The zero-order valence-corrected chi connectivity index (χ0v) is 14.1. The second-order valence-corrected chi connectivity index (χ2v) is 6.23. The Hall–Kier alpha value is -2.19. The Kier molecular flexibility index (Phi) is 5.27. The maximum atomic E-state index is 12.2. The lowest BCUT2D eigenvalue weighted by molar-refractivity contribution is 0.0945. The molecule has 8 heteroatoms. The van der Waals surface area contributed by atoms with Crippen LogP contribution in [0.4, 0.5) is 0 Å². The van der Waals surface area contributed by atoms with Crippen LogP contribution >= 0.6 is 11.5 Å². The molecule has 1 atom stereocenters. The Morgan fingerprint density at radius 1 is 1.42 bits per heavy atom. The van der Waals surface area contributed by atoms with Gasteiger partial charge in [0.25, 0.3) is 5.91 Å². The Balaban J connectivity index is 1.52. The van der Waals surface area contributed by atoms with Gasteiger partial charge in [0.15, 0.2) is 11.5 Å². The van der Waals surface area contributed by atoms with Gasteiger partial charge in [0.05, 0.1) is 11.8 Å². The van der Waals surface area contributed by atoms with Gasteiger partial charge in [-0.3, -0.25) is 4.79 Å². The van der Waals surface area contributed by atoms with Gasteiger partial charge in [-0.05, 0) is 42.1 Å². The van der Waals surface area contributed by atoms with Crippen molar-refractivity contribution in [1.29, 1.82) is 0 Å². The monoisotopic (exact) mass is 349 g/mol. The van der Waals surface area contributed by atoms with Crippen LogP contribution in [0, 0.1) is 0 Å². The van der Waals surface area contributed by atoms with E-state index in [4.69, 9.17) is 9.47 Å². The number of amides is 1. The summed E-state index contributed by atoms with van der Waals surface area (Å²) in [4.78, 5) is 12.7. The lowest BCUT2D eigenvalue weighted by atomic mass is 10.1. The molecule has 0 aliphatic carbocycles. The van der Waals surface area contributed by atoms with Gasteiger partial charge in [-0.15, -0.1) is 5.10 Å². The predicted molar refractivity (Wildman–Crippen MR) is 88.4 cm³/mol. The lowest BCUT2D eigenvalue weighted by Gasteiger charge is -2.12. The number of carbonyl (C=O) groups excluding carboxylic acids is 1. The van der Waals surface area contributed by atoms with E-state index < -0.39 is 6.10 Å². The number of aromatic nitrogens is 2. The van der Waals surface area contributed by atoms with E-state index in [1.807, 2.05) is 6.92 Å². The van der Waals surface area contributed by atoms with Crippen molar-refractivity contribution in [2.75, 3.05) is 13.3 Å². The van der Waals surface area contributed by atoms with E-state index in [0.29, 0.717) is 29.3 Å². The molecule has 128 valence electrons. The third kappa shape index (κ3) is 3.65. The molecule has 1 aliphatic heterocycles. The summed E-state index contributed by atoms with van der Waals surface area (Å²) in [5.41, 5.74) is 1.47. The zero-order chi connectivity index (χ0) is 16.9. The molecule has 0 fully saturated rings. The number of carbonyl (C=O) groups is 1. The fourth-order valence-electron chi connectivity index (χ4n) is 2.47. The first-order chi connectivity index (χ1) is 11.7. The summed E-state index contributed by atoms with van der Waals surface area (Å²) in [5, 5.41) is 17.1. The molecule has 0 saturated carbocycles. The number of aliphatic hydroxyl groups is 1. The Labute approximate surface area is 143 Å². The molecule has 2 N–H and O–H groups in total. The van der Waals surface area contributed by atoms with E-state index in [2.05, 4.69) is 14.9 Å². The summed E-state index contributed by atoms with van der Waals surface area (Å²) in [6.07, 6.45) is 1.36. The minimum absolute atomic E-state index is 0.189. The molecule has 1 aromatic heterocycles. The van der Waals surface area contributed by atoms with Crippen molar-refractivity contribution >= 4 is 17.4 Å². The first-order valence-electron chi connectivity index (χ1n) is 7.86. The van der Waals surface area contributed by atoms with Gasteiger partial charge in [-0.2, -0.15) is 0 Å². The van der Waals surface area contributed by atoms with E-state index in [9.17, 15) is 9.90 Å². The number of rotatable bonds is 7. The molecule has 0 radical (unpaired) electrons. The van der Waals surface area contributed by atoms with Crippen LogP contribution in [0.3, 0.4) is 0 Å². The lowest BCUT2D eigenvalue weighted by Crippen LogP contribution is -2.25. The van der Waals surface area contributed by atoms with Gasteiger partial charge in [0.2, 0.25) is 6.79 Å². The number of benzene rings is 1. The first kappa shape index (κ1) is 16.7. The van der Waals surface area contributed by atoms with Crippen molar-refractivity contribution in [2.45, 2.75) is 32.3 Å². The van der Waals surface area contributed by atoms with E-state index >= 15 is 0 Å². The van der Waals surface area contributed by atoms with Crippen LogP contribution < -0.4 is 14.8 Å². The first-order valence-corrected chi connectivity index (χ1v) is 8.63. The van der Waals surface area contributed by atoms with Crippen molar-refractivity contribution in [2.24, 2.45) is 0 Å². The summed E-state index contributed by atoms with van der Waals surface area (Å²) >= 11 is 1.10. The Morgan fingerprint density at radius 3 is 3.08 bits per heavy atom. The Morgan fingerprint density at radius 2 is 2.25 bits per heavy atom. The van der Waals surface area contributed by atoms with Crippen LogP contribution in [-0.4, -0.2) is 33.9 Å². The highest BCUT2D eigenvalue weighted by Crippen LogP contribution is 2.34. The zero-order valence-electron chi connectivity index (χ0n) is 13.3. The van der Waals surface area contributed by atoms with Crippen molar-refractivity contribution in [3.8, 4) is 11.5 Å². The molecule has 0 saturated heterocycles. The second-order valence-electron chi connectivity index (χ2n) is 5.47. The van der Waals surface area contributed by atoms with E-state index in [1.54, 1.807) is 18.2 Å². The van der Waals surface area contributed by atoms with Crippen LogP contribution in [0.25, 0.3) is 0 Å². The third-order valence-electron chi connectivity index (χ3n) is 3.73. The highest BCUT2D eigenvalue weighted by molar-refractivity contribution is 7.08. The number of nitrogens with zero attached hydrogens (tertiary/aromatic N) is 2. The quantitative estimate of drug-likeness (QED) is 0.795. The predicted octanol–water partition coefficient (Wildman–Crippen LogP) is 2.07. The number of nitrogens with one attached hydrogen (secondary N) is 1. The van der Waals surface area contributed by atoms with Gasteiger partial charge in [-0.25, -0.2) is 0 Å². The smallest absolute Gasteiger partial charge is 0.264 e. The molecular formula is C16H19N3O4S. The number of aliphatic hydroxyl groups excluding tert-OH is 1. The van der Waals surface area contributed by atoms with Gasteiger partial charge < -0.3 is 19.9 Å². The fraction of sp³-hybridized carbons (Fsp3) is 0.438. The molecule has 3 rings (SSSR count). The van der Waals surface area contributed by atoms with E-state index in [0.717, 1.165) is 35.6 Å². The molecule has 1 aliphatic rings. The van der Waals surface area contributed by atoms with Gasteiger partial charge >= 0.3 is 0 Å². The maximum Gasteiger partial charge on any atom is 0.264 e. The molecule has 24 heavy (non-hydrogen) atoms. The minimum atomic E-state index is -0.686. The van der Waals surface area contributed by atoms with Crippen molar-refractivity contribution in [3.63, 3.8) is 0 Å². The maximum absolute atomic E-state index is 12.2. The summed E-state index contributed by atoms with van der Waals surface area (Å²) in [6.45, 7) is 2.59.